The van der Waals surface area contributed by atoms with Crippen LogP contribution in [0.15, 0.2) is 47.3 Å². The van der Waals surface area contributed by atoms with Crippen LogP contribution >= 0.6 is 23.2 Å². The third-order valence-corrected chi connectivity index (χ3v) is 4.59. The van der Waals surface area contributed by atoms with E-state index in [0.29, 0.717) is 47.4 Å². The average Bonchev–Trinajstić information content (AvgIpc) is 3.16. The lowest BCUT2D eigenvalue weighted by molar-refractivity contribution is -0.127. The van der Waals surface area contributed by atoms with Gasteiger partial charge in [-0.15, -0.1) is 0 Å². The first kappa shape index (κ1) is 17.6. The number of amides is 2. The van der Waals surface area contributed by atoms with Gasteiger partial charge in [-0.05, 0) is 35.9 Å². The minimum atomic E-state index is -0.119. The number of piperazine rings is 1. The van der Waals surface area contributed by atoms with Gasteiger partial charge in [-0.2, -0.15) is 0 Å². The van der Waals surface area contributed by atoms with Crippen molar-refractivity contribution < 1.29 is 14.0 Å². The lowest BCUT2D eigenvalue weighted by Gasteiger charge is -2.34. The first-order valence-corrected chi connectivity index (χ1v) is 8.54. The van der Waals surface area contributed by atoms with Crippen molar-refractivity contribution in [3.05, 3.63) is 64.0 Å². The number of nitrogens with zero attached hydrogens (tertiary/aromatic N) is 2. The highest BCUT2D eigenvalue weighted by Gasteiger charge is 2.24. The normalized spacial score (nSPS) is 15.0. The summed E-state index contributed by atoms with van der Waals surface area (Å²) >= 11 is 12.0. The molecule has 1 fully saturated rings. The topological polar surface area (TPSA) is 53.8 Å². The number of halogens is 2. The molecule has 0 bridgehead atoms. The summed E-state index contributed by atoms with van der Waals surface area (Å²) in [7, 11) is 0. The van der Waals surface area contributed by atoms with Crippen molar-refractivity contribution in [1.29, 1.82) is 0 Å². The van der Waals surface area contributed by atoms with Crippen molar-refractivity contribution in [3.8, 4) is 0 Å². The highest BCUT2D eigenvalue weighted by atomic mass is 35.5. The first-order chi connectivity index (χ1) is 12.0. The quantitative estimate of drug-likeness (QED) is 0.766. The summed E-state index contributed by atoms with van der Waals surface area (Å²) in [5, 5.41) is 1.09. The maximum absolute atomic E-state index is 12.3. The molecule has 25 heavy (non-hydrogen) atoms. The third-order valence-electron chi connectivity index (χ3n) is 4.01. The monoisotopic (exact) mass is 378 g/mol. The van der Waals surface area contributed by atoms with Gasteiger partial charge in [0.2, 0.25) is 5.91 Å². The Kier molecular flexibility index (Phi) is 5.46. The number of benzene rings is 1. The fraction of sp³-hybridized carbons (Fsp3) is 0.222. The minimum absolute atomic E-state index is 0.0814. The van der Waals surface area contributed by atoms with E-state index in [9.17, 15) is 9.59 Å². The van der Waals surface area contributed by atoms with Crippen LogP contribution in [0.4, 0.5) is 0 Å². The predicted octanol–water partition coefficient (Wildman–Crippen LogP) is 3.58. The average molecular weight is 379 g/mol. The van der Waals surface area contributed by atoms with E-state index in [1.165, 1.54) is 18.6 Å². The Labute approximate surface area is 155 Å². The molecule has 0 saturated carbocycles. The van der Waals surface area contributed by atoms with E-state index in [-0.39, 0.29) is 11.8 Å². The Morgan fingerprint density at radius 1 is 1.04 bits per heavy atom. The van der Waals surface area contributed by atoms with Crippen LogP contribution in [0.5, 0.6) is 0 Å². The molecule has 1 aliphatic rings. The lowest BCUT2D eigenvalue weighted by Crippen LogP contribution is -2.50. The van der Waals surface area contributed by atoms with Gasteiger partial charge in [-0.1, -0.05) is 23.2 Å². The van der Waals surface area contributed by atoms with E-state index < -0.39 is 0 Å². The zero-order valence-electron chi connectivity index (χ0n) is 13.3. The molecule has 0 spiro atoms. The molecule has 130 valence electrons. The van der Waals surface area contributed by atoms with Gasteiger partial charge >= 0.3 is 0 Å². The van der Waals surface area contributed by atoms with Gasteiger partial charge < -0.3 is 14.2 Å². The van der Waals surface area contributed by atoms with Crippen molar-refractivity contribution in [2.75, 3.05) is 26.2 Å². The number of hydrogen-bond acceptors (Lipinski definition) is 3. The van der Waals surface area contributed by atoms with E-state index in [1.54, 1.807) is 40.1 Å². The van der Waals surface area contributed by atoms with E-state index >= 15 is 0 Å². The lowest BCUT2D eigenvalue weighted by atomic mass is 10.2. The van der Waals surface area contributed by atoms with Crippen molar-refractivity contribution >= 4 is 41.1 Å². The second kappa shape index (κ2) is 7.76. The summed E-state index contributed by atoms with van der Waals surface area (Å²) in [6.45, 7) is 1.94. The zero-order valence-corrected chi connectivity index (χ0v) is 14.8. The van der Waals surface area contributed by atoms with Gasteiger partial charge in [-0.3, -0.25) is 9.59 Å². The highest BCUT2D eigenvalue weighted by Crippen LogP contribution is 2.22. The molecular formula is C18H16Cl2N2O3. The summed E-state index contributed by atoms with van der Waals surface area (Å²) in [5.41, 5.74) is 1.21. The van der Waals surface area contributed by atoms with Crippen LogP contribution < -0.4 is 0 Å². The fourth-order valence-corrected chi connectivity index (χ4v) is 2.97. The van der Waals surface area contributed by atoms with Crippen molar-refractivity contribution in [2.45, 2.75) is 0 Å². The van der Waals surface area contributed by atoms with Crippen LogP contribution in [0.1, 0.15) is 15.9 Å². The maximum Gasteiger partial charge on any atom is 0.257 e. The van der Waals surface area contributed by atoms with Crippen molar-refractivity contribution in [1.82, 2.24) is 9.80 Å². The van der Waals surface area contributed by atoms with Gasteiger partial charge in [0.15, 0.2) is 0 Å². The summed E-state index contributed by atoms with van der Waals surface area (Å²) < 4.78 is 4.94. The number of carbonyl (C=O) groups excluding carboxylic acids is 2. The molecule has 0 unspecified atom stereocenters. The summed E-state index contributed by atoms with van der Waals surface area (Å²) in [6, 6.07) is 6.72. The number of carbonyl (C=O) groups is 2. The summed E-state index contributed by atoms with van der Waals surface area (Å²) in [4.78, 5) is 28.0. The van der Waals surface area contributed by atoms with E-state index in [4.69, 9.17) is 27.6 Å². The highest BCUT2D eigenvalue weighted by molar-refractivity contribution is 6.34. The van der Waals surface area contributed by atoms with Crippen molar-refractivity contribution in [3.63, 3.8) is 0 Å². The molecule has 1 saturated heterocycles. The Morgan fingerprint density at radius 2 is 1.76 bits per heavy atom. The molecule has 2 aromatic rings. The van der Waals surface area contributed by atoms with Gasteiger partial charge in [0.25, 0.3) is 5.91 Å². The Morgan fingerprint density at radius 3 is 2.44 bits per heavy atom. The third kappa shape index (κ3) is 4.24. The smallest absolute Gasteiger partial charge is 0.257 e. The Hall–Kier alpha value is -2.24. The first-order valence-electron chi connectivity index (χ1n) is 7.78. The van der Waals surface area contributed by atoms with E-state index in [2.05, 4.69) is 0 Å². The van der Waals surface area contributed by atoms with Crippen LogP contribution in [-0.2, 0) is 4.79 Å². The zero-order chi connectivity index (χ0) is 17.8. The molecule has 1 aliphatic heterocycles. The fourth-order valence-electron chi connectivity index (χ4n) is 2.61. The van der Waals surface area contributed by atoms with Gasteiger partial charge in [0, 0.05) is 42.3 Å². The van der Waals surface area contributed by atoms with Crippen LogP contribution in [0.25, 0.3) is 6.08 Å². The molecule has 0 radical (unpaired) electrons. The molecule has 2 heterocycles. The van der Waals surface area contributed by atoms with Gasteiger partial charge in [-0.25, -0.2) is 0 Å². The molecule has 7 heteroatoms. The van der Waals surface area contributed by atoms with Crippen LogP contribution in [0.3, 0.4) is 0 Å². The largest absolute Gasteiger partial charge is 0.472 e. The van der Waals surface area contributed by atoms with Crippen LogP contribution in [-0.4, -0.2) is 47.8 Å². The van der Waals surface area contributed by atoms with E-state index in [1.807, 2.05) is 0 Å². The standard InChI is InChI=1S/C18H16Cl2N2O3/c19-15-2-3-16(20)13(11-15)1-4-17(23)21-6-8-22(9-7-21)18(24)14-5-10-25-12-14/h1-5,10-12H,6-9H2/b4-1+. The summed E-state index contributed by atoms with van der Waals surface area (Å²) in [6.07, 6.45) is 6.03. The second-order valence-electron chi connectivity index (χ2n) is 5.63. The molecule has 0 atom stereocenters. The Bertz CT molecular complexity index is 795. The van der Waals surface area contributed by atoms with Gasteiger partial charge in [0.05, 0.1) is 11.8 Å². The molecule has 2 amide bonds. The van der Waals surface area contributed by atoms with E-state index in [0.717, 1.165) is 0 Å². The molecule has 0 N–H and O–H groups in total. The molecule has 0 aliphatic carbocycles. The number of furan rings is 1. The minimum Gasteiger partial charge on any atom is -0.472 e. The van der Waals surface area contributed by atoms with Crippen molar-refractivity contribution in [2.24, 2.45) is 0 Å². The Balaban J connectivity index is 1.57. The molecule has 1 aromatic carbocycles. The SMILES string of the molecule is O=C(/C=C/c1cc(Cl)ccc1Cl)N1CCN(C(=O)c2ccoc2)CC1. The summed E-state index contributed by atoms with van der Waals surface area (Å²) in [5.74, 6) is -0.200. The molecule has 5 nitrogen and oxygen atoms in total. The molecule has 3 rings (SSSR count). The van der Waals surface area contributed by atoms with Crippen LogP contribution in [0.2, 0.25) is 10.0 Å². The van der Waals surface area contributed by atoms with Crippen LogP contribution in [0, 0.1) is 0 Å². The number of rotatable bonds is 3. The number of hydrogen-bond donors (Lipinski definition) is 0. The molecule has 1 aromatic heterocycles. The second-order valence-corrected chi connectivity index (χ2v) is 6.47. The van der Waals surface area contributed by atoms with Gasteiger partial charge in [0.1, 0.15) is 6.26 Å². The predicted molar refractivity (Wildman–Crippen MR) is 96.7 cm³/mol. The molecular weight excluding hydrogens is 363 g/mol. The maximum atomic E-state index is 12.3.